The third-order valence-electron chi connectivity index (χ3n) is 4.39. The van der Waals surface area contributed by atoms with Crippen LogP contribution in [0.4, 0.5) is 5.69 Å². The van der Waals surface area contributed by atoms with Crippen molar-refractivity contribution in [1.82, 2.24) is 0 Å². The van der Waals surface area contributed by atoms with Gasteiger partial charge in [-0.25, -0.2) is 0 Å². The summed E-state index contributed by atoms with van der Waals surface area (Å²) in [4.78, 5) is 12.4. The predicted octanol–water partition coefficient (Wildman–Crippen LogP) is 3.14. The predicted molar refractivity (Wildman–Crippen MR) is 70.8 cm³/mol. The second kappa shape index (κ2) is 4.30. The van der Waals surface area contributed by atoms with Crippen LogP contribution in [-0.2, 0) is 11.2 Å². The van der Waals surface area contributed by atoms with Crippen molar-refractivity contribution >= 4 is 11.6 Å². The second-order valence-corrected chi connectivity index (χ2v) is 5.49. The molecule has 1 aromatic carbocycles. The first-order valence-corrected chi connectivity index (χ1v) is 6.72. The maximum Gasteiger partial charge on any atom is 0.230 e. The monoisotopic (exact) mass is 245 g/mol. The number of anilines is 1. The van der Waals surface area contributed by atoms with Gasteiger partial charge in [-0.15, -0.1) is 0 Å². The fraction of sp³-hybridized carbons (Fsp3) is 0.533. The Bertz CT molecular complexity index is 475. The molecule has 1 aromatic rings. The van der Waals surface area contributed by atoms with E-state index in [1.54, 1.807) is 7.11 Å². The van der Waals surface area contributed by atoms with Crippen molar-refractivity contribution in [2.24, 2.45) is 5.41 Å². The Kier molecular flexibility index (Phi) is 2.77. The number of amides is 1. The fourth-order valence-electron chi connectivity index (χ4n) is 3.29. The molecule has 1 N–H and O–H groups in total. The number of carbonyl (C=O) groups is 1. The van der Waals surface area contributed by atoms with E-state index in [9.17, 15) is 4.79 Å². The van der Waals surface area contributed by atoms with E-state index in [0.29, 0.717) is 0 Å². The highest BCUT2D eigenvalue weighted by Crippen LogP contribution is 2.44. The van der Waals surface area contributed by atoms with Crippen LogP contribution in [0.15, 0.2) is 18.2 Å². The van der Waals surface area contributed by atoms with Crippen LogP contribution in [0.25, 0.3) is 0 Å². The van der Waals surface area contributed by atoms with E-state index in [1.807, 2.05) is 12.1 Å². The zero-order valence-corrected chi connectivity index (χ0v) is 10.8. The molecule has 0 atom stereocenters. The van der Waals surface area contributed by atoms with Crippen molar-refractivity contribution in [3.05, 3.63) is 23.8 Å². The van der Waals surface area contributed by atoms with E-state index in [-0.39, 0.29) is 11.3 Å². The summed E-state index contributed by atoms with van der Waals surface area (Å²) in [6.45, 7) is 0. The molecule has 1 fully saturated rings. The number of ether oxygens (including phenoxy) is 1. The Morgan fingerprint density at radius 2 is 2.00 bits per heavy atom. The smallest absolute Gasteiger partial charge is 0.230 e. The Labute approximate surface area is 108 Å². The van der Waals surface area contributed by atoms with E-state index < -0.39 is 0 Å². The Morgan fingerprint density at radius 1 is 1.22 bits per heavy atom. The zero-order valence-electron chi connectivity index (χ0n) is 10.8. The highest BCUT2D eigenvalue weighted by atomic mass is 16.5. The molecule has 3 nitrogen and oxygen atoms in total. The quantitative estimate of drug-likeness (QED) is 0.825. The average molecular weight is 245 g/mol. The minimum atomic E-state index is -0.139. The van der Waals surface area contributed by atoms with Crippen LogP contribution in [-0.4, -0.2) is 13.0 Å². The fourth-order valence-corrected chi connectivity index (χ4v) is 3.29. The van der Waals surface area contributed by atoms with E-state index in [4.69, 9.17) is 4.74 Å². The van der Waals surface area contributed by atoms with Crippen LogP contribution in [0.1, 0.15) is 37.7 Å². The number of hydrogen-bond acceptors (Lipinski definition) is 2. The van der Waals surface area contributed by atoms with Gasteiger partial charge in [-0.05, 0) is 30.9 Å². The van der Waals surface area contributed by atoms with E-state index in [1.165, 1.54) is 24.8 Å². The Balaban J connectivity index is 1.94. The lowest BCUT2D eigenvalue weighted by molar-refractivity contribution is -0.127. The summed E-state index contributed by atoms with van der Waals surface area (Å²) in [6, 6.07) is 5.99. The summed E-state index contributed by atoms with van der Waals surface area (Å²) in [5.74, 6) is 1.01. The molecule has 1 aliphatic carbocycles. The van der Waals surface area contributed by atoms with Crippen LogP contribution in [0.3, 0.4) is 0 Å². The number of nitrogens with one attached hydrogen (secondary N) is 1. The molecule has 0 unspecified atom stereocenters. The van der Waals surface area contributed by atoms with Crippen molar-refractivity contribution in [3.8, 4) is 5.75 Å². The summed E-state index contributed by atoms with van der Waals surface area (Å²) in [6.07, 6.45) is 6.58. The Hall–Kier alpha value is -1.51. The molecule has 0 bridgehead atoms. The zero-order chi connectivity index (χ0) is 12.6. The number of rotatable bonds is 1. The molecule has 2 aliphatic rings. The molecule has 18 heavy (non-hydrogen) atoms. The van der Waals surface area contributed by atoms with Gasteiger partial charge in [0.25, 0.3) is 0 Å². The van der Waals surface area contributed by atoms with Gasteiger partial charge in [-0.1, -0.05) is 25.3 Å². The second-order valence-electron chi connectivity index (χ2n) is 5.49. The largest absolute Gasteiger partial charge is 0.497 e. The van der Waals surface area contributed by atoms with Gasteiger partial charge in [0, 0.05) is 11.8 Å². The first-order chi connectivity index (χ1) is 8.73. The molecule has 1 aliphatic heterocycles. The maximum absolute atomic E-state index is 12.4. The van der Waals surface area contributed by atoms with Gasteiger partial charge in [-0.3, -0.25) is 4.79 Å². The molecule has 3 rings (SSSR count). The number of hydrogen-bond donors (Lipinski definition) is 1. The number of methoxy groups -OCH3 is 1. The van der Waals surface area contributed by atoms with Gasteiger partial charge >= 0.3 is 0 Å². The lowest BCUT2D eigenvalue weighted by Gasteiger charge is -2.39. The van der Waals surface area contributed by atoms with Crippen molar-refractivity contribution in [2.75, 3.05) is 12.4 Å². The molecule has 96 valence electrons. The van der Waals surface area contributed by atoms with Crippen LogP contribution in [0, 0.1) is 5.41 Å². The summed E-state index contributed by atoms with van der Waals surface area (Å²) in [5, 5.41) is 3.08. The summed E-state index contributed by atoms with van der Waals surface area (Å²) >= 11 is 0. The molecule has 1 amide bonds. The minimum absolute atomic E-state index is 0.139. The van der Waals surface area contributed by atoms with Gasteiger partial charge in [0.2, 0.25) is 5.91 Å². The first kappa shape index (κ1) is 11.6. The van der Waals surface area contributed by atoms with Gasteiger partial charge in [0.15, 0.2) is 0 Å². The number of fused-ring (bicyclic) bond motifs is 1. The van der Waals surface area contributed by atoms with Crippen molar-refractivity contribution in [2.45, 2.75) is 38.5 Å². The first-order valence-electron chi connectivity index (χ1n) is 6.72. The molecule has 1 spiro atoms. The lowest BCUT2D eigenvalue weighted by atomic mass is 9.68. The topological polar surface area (TPSA) is 38.3 Å². The van der Waals surface area contributed by atoms with Crippen LogP contribution >= 0.6 is 0 Å². The standard InChI is InChI=1S/C15H19NO2/c1-18-12-6-5-11-10-15(7-3-2-4-8-15)14(17)16-13(11)9-12/h5-6,9H,2-4,7-8,10H2,1H3,(H,16,17). The molecular weight excluding hydrogens is 226 g/mol. The van der Waals surface area contributed by atoms with Crippen LogP contribution in [0.2, 0.25) is 0 Å². The van der Waals surface area contributed by atoms with Gasteiger partial charge < -0.3 is 10.1 Å². The van der Waals surface area contributed by atoms with Crippen molar-refractivity contribution < 1.29 is 9.53 Å². The highest BCUT2D eigenvalue weighted by molar-refractivity contribution is 5.98. The van der Waals surface area contributed by atoms with E-state index in [2.05, 4.69) is 11.4 Å². The summed E-state index contributed by atoms with van der Waals surface area (Å²) in [7, 11) is 1.65. The molecule has 0 aromatic heterocycles. The molecule has 1 heterocycles. The average Bonchev–Trinajstić information content (AvgIpc) is 2.41. The van der Waals surface area contributed by atoms with Crippen molar-refractivity contribution in [1.29, 1.82) is 0 Å². The summed E-state index contributed by atoms with van der Waals surface area (Å²) < 4.78 is 5.20. The number of benzene rings is 1. The number of carbonyl (C=O) groups excluding carboxylic acids is 1. The Morgan fingerprint density at radius 3 is 2.72 bits per heavy atom. The maximum atomic E-state index is 12.4. The summed E-state index contributed by atoms with van der Waals surface area (Å²) in [5.41, 5.74) is 2.03. The highest BCUT2D eigenvalue weighted by Gasteiger charge is 2.42. The SMILES string of the molecule is COc1ccc2c(c1)NC(=O)C1(CCCCC1)C2. The van der Waals surface area contributed by atoms with Crippen LogP contribution in [0.5, 0.6) is 5.75 Å². The van der Waals surface area contributed by atoms with E-state index >= 15 is 0 Å². The van der Waals surface area contributed by atoms with Crippen LogP contribution < -0.4 is 10.1 Å². The molecule has 0 saturated heterocycles. The van der Waals surface area contributed by atoms with Gasteiger partial charge in [-0.2, -0.15) is 0 Å². The molecule has 0 radical (unpaired) electrons. The van der Waals surface area contributed by atoms with E-state index in [0.717, 1.165) is 30.7 Å². The molecule has 3 heteroatoms. The molecular formula is C15H19NO2. The van der Waals surface area contributed by atoms with Gasteiger partial charge in [0.1, 0.15) is 5.75 Å². The van der Waals surface area contributed by atoms with Gasteiger partial charge in [0.05, 0.1) is 12.5 Å². The third kappa shape index (κ3) is 1.78. The normalized spacial score (nSPS) is 21.3. The minimum Gasteiger partial charge on any atom is -0.497 e. The molecule has 1 saturated carbocycles. The van der Waals surface area contributed by atoms with Crippen molar-refractivity contribution in [3.63, 3.8) is 0 Å². The third-order valence-corrected chi connectivity index (χ3v) is 4.39. The lowest BCUT2D eigenvalue weighted by Crippen LogP contribution is -2.43.